The zero-order chi connectivity index (χ0) is 13.7. The van der Waals surface area contributed by atoms with Gasteiger partial charge in [-0.3, -0.25) is 0 Å². The van der Waals surface area contributed by atoms with Crippen LogP contribution in [-0.2, 0) is 0 Å². The second kappa shape index (κ2) is 6.88. The maximum absolute atomic E-state index is 6.25. The van der Waals surface area contributed by atoms with E-state index in [0.29, 0.717) is 0 Å². The molecule has 1 aromatic carbocycles. The summed E-state index contributed by atoms with van der Waals surface area (Å²) in [6, 6.07) is 8.11. The van der Waals surface area contributed by atoms with Gasteiger partial charge >= 0.3 is 0 Å². The lowest BCUT2D eigenvalue weighted by atomic mass is 10.0. The predicted molar refractivity (Wildman–Crippen MR) is 79.8 cm³/mol. The van der Waals surface area contributed by atoms with E-state index in [1.165, 1.54) is 11.5 Å². The lowest BCUT2D eigenvalue weighted by molar-refractivity contribution is 0.414. The number of hydrogen-bond donors (Lipinski definition) is 1. The van der Waals surface area contributed by atoms with Gasteiger partial charge in [0, 0.05) is 6.04 Å². The molecule has 0 aliphatic rings. The molecule has 0 amide bonds. The number of nitrogens with two attached hydrogens (primary N) is 1. The van der Waals surface area contributed by atoms with E-state index in [9.17, 15) is 0 Å². The van der Waals surface area contributed by atoms with Crippen LogP contribution in [0, 0.1) is 0 Å². The molecule has 4 nitrogen and oxygen atoms in total. The first-order valence-corrected chi connectivity index (χ1v) is 7.72. The minimum Gasteiger partial charge on any atom is -0.497 e. The summed E-state index contributed by atoms with van der Waals surface area (Å²) in [6.45, 7) is 2.10. The first kappa shape index (κ1) is 14.3. The van der Waals surface area contributed by atoms with Crippen molar-refractivity contribution >= 4 is 23.3 Å². The highest BCUT2D eigenvalue weighted by molar-refractivity contribution is 8.01. The number of nitrogens with zero attached hydrogens (tertiary/aromatic N) is 2. The molecule has 0 saturated carbocycles. The van der Waals surface area contributed by atoms with Crippen LogP contribution >= 0.6 is 23.3 Å². The number of methoxy groups -OCH3 is 1. The Morgan fingerprint density at radius 3 is 2.95 bits per heavy atom. The highest BCUT2D eigenvalue weighted by Crippen LogP contribution is 2.39. The third kappa shape index (κ3) is 3.68. The smallest absolute Gasteiger partial charge is 0.170 e. The van der Waals surface area contributed by atoms with Gasteiger partial charge in [0.25, 0.3) is 0 Å². The summed E-state index contributed by atoms with van der Waals surface area (Å²) in [5, 5.41) is 0.160. The summed E-state index contributed by atoms with van der Waals surface area (Å²) in [6.07, 6.45) is 2.49. The van der Waals surface area contributed by atoms with Crippen molar-refractivity contribution in [2.75, 3.05) is 7.11 Å². The third-order valence-electron chi connectivity index (χ3n) is 2.85. The van der Waals surface area contributed by atoms with Crippen molar-refractivity contribution in [3.8, 4) is 5.75 Å². The van der Waals surface area contributed by atoms with Crippen LogP contribution in [-0.4, -0.2) is 22.5 Å². The quantitative estimate of drug-likeness (QED) is 0.830. The number of hydrogen-bond acceptors (Lipinski definition) is 6. The van der Waals surface area contributed by atoms with E-state index < -0.39 is 0 Å². The van der Waals surface area contributed by atoms with Gasteiger partial charge in [-0.1, -0.05) is 30.8 Å². The Labute approximate surface area is 121 Å². The molecule has 2 rings (SSSR count). The number of ether oxygens (including phenoxy) is 1. The molecule has 19 heavy (non-hydrogen) atoms. The Morgan fingerprint density at radius 2 is 2.32 bits per heavy atom. The molecule has 0 aliphatic heterocycles. The fourth-order valence-corrected chi connectivity index (χ4v) is 3.62. The molecule has 0 spiro atoms. The molecule has 0 fully saturated rings. The molecule has 2 aromatic rings. The van der Waals surface area contributed by atoms with Crippen LogP contribution in [0.1, 0.15) is 24.2 Å². The largest absolute Gasteiger partial charge is 0.497 e. The van der Waals surface area contributed by atoms with Gasteiger partial charge in [-0.05, 0) is 35.6 Å². The summed E-state index contributed by atoms with van der Waals surface area (Å²) in [5.74, 6) is 0.851. The zero-order valence-electron chi connectivity index (χ0n) is 10.9. The molecule has 0 aliphatic carbocycles. The Hall–Kier alpha value is -1.11. The van der Waals surface area contributed by atoms with E-state index in [2.05, 4.69) is 22.3 Å². The highest BCUT2D eigenvalue weighted by atomic mass is 32.2. The Kier molecular flexibility index (Phi) is 5.18. The van der Waals surface area contributed by atoms with Crippen molar-refractivity contribution in [1.82, 2.24) is 9.36 Å². The van der Waals surface area contributed by atoms with Crippen LogP contribution in [0.3, 0.4) is 0 Å². The molecular formula is C13H17N3OS2. The Bertz CT molecular complexity index is 504. The molecule has 0 radical (unpaired) electrons. The second-order valence-electron chi connectivity index (χ2n) is 4.09. The van der Waals surface area contributed by atoms with Gasteiger partial charge in [0.15, 0.2) is 4.34 Å². The predicted octanol–water partition coefficient (Wildman–Crippen LogP) is 3.12. The SMILES string of the molecule is CCC(N)C(Sc1ncns1)c1cccc(OC)c1. The van der Waals surface area contributed by atoms with E-state index in [1.807, 2.05) is 18.2 Å². The molecule has 2 N–H and O–H groups in total. The molecule has 2 atom stereocenters. The lowest BCUT2D eigenvalue weighted by Crippen LogP contribution is -2.25. The first-order valence-electron chi connectivity index (χ1n) is 6.07. The normalized spacial score (nSPS) is 14.1. The third-order valence-corrected chi connectivity index (χ3v) is 5.01. The monoisotopic (exact) mass is 295 g/mol. The van der Waals surface area contributed by atoms with Crippen LogP contribution < -0.4 is 10.5 Å². The van der Waals surface area contributed by atoms with E-state index in [1.54, 1.807) is 25.2 Å². The van der Waals surface area contributed by atoms with Crippen molar-refractivity contribution in [1.29, 1.82) is 0 Å². The summed E-state index contributed by atoms with van der Waals surface area (Å²) < 4.78 is 10.3. The second-order valence-corrected chi connectivity index (χ2v) is 6.26. The van der Waals surface area contributed by atoms with Gasteiger partial charge in [0.1, 0.15) is 12.1 Å². The number of benzene rings is 1. The highest BCUT2D eigenvalue weighted by Gasteiger charge is 2.21. The van der Waals surface area contributed by atoms with Gasteiger partial charge in [-0.2, -0.15) is 4.37 Å². The van der Waals surface area contributed by atoms with Crippen LogP contribution in [0.4, 0.5) is 0 Å². The van der Waals surface area contributed by atoms with Crippen molar-refractivity contribution in [3.63, 3.8) is 0 Å². The van der Waals surface area contributed by atoms with Gasteiger partial charge in [-0.15, -0.1) is 0 Å². The summed E-state index contributed by atoms with van der Waals surface area (Å²) in [5.41, 5.74) is 7.41. The van der Waals surface area contributed by atoms with Crippen molar-refractivity contribution < 1.29 is 4.74 Å². The molecule has 102 valence electrons. The van der Waals surface area contributed by atoms with E-state index >= 15 is 0 Å². The van der Waals surface area contributed by atoms with E-state index in [0.717, 1.165) is 22.1 Å². The molecule has 0 bridgehead atoms. The van der Waals surface area contributed by atoms with Crippen LogP contribution in [0.2, 0.25) is 0 Å². The molecule has 0 saturated heterocycles. The minimum atomic E-state index is 0.0704. The van der Waals surface area contributed by atoms with Crippen LogP contribution in [0.5, 0.6) is 5.75 Å². The maximum atomic E-state index is 6.25. The van der Waals surface area contributed by atoms with E-state index in [-0.39, 0.29) is 11.3 Å². The van der Waals surface area contributed by atoms with Gasteiger partial charge in [0.2, 0.25) is 0 Å². The molecule has 2 unspecified atom stereocenters. The summed E-state index contributed by atoms with van der Waals surface area (Å²) >= 11 is 3.06. The average molecular weight is 295 g/mol. The lowest BCUT2D eigenvalue weighted by Gasteiger charge is -2.22. The van der Waals surface area contributed by atoms with Gasteiger partial charge in [-0.25, -0.2) is 4.98 Å². The fourth-order valence-electron chi connectivity index (χ4n) is 1.76. The number of thioether (sulfide) groups is 1. The van der Waals surface area contributed by atoms with Gasteiger partial charge < -0.3 is 10.5 Å². The fraction of sp³-hybridized carbons (Fsp3) is 0.385. The summed E-state index contributed by atoms with van der Waals surface area (Å²) in [7, 11) is 1.67. The Balaban J connectivity index is 2.25. The molecule has 1 heterocycles. The van der Waals surface area contributed by atoms with Crippen molar-refractivity contribution in [3.05, 3.63) is 36.2 Å². The maximum Gasteiger partial charge on any atom is 0.170 e. The molecular weight excluding hydrogens is 278 g/mol. The van der Waals surface area contributed by atoms with Crippen molar-refractivity contribution in [2.45, 2.75) is 29.0 Å². The van der Waals surface area contributed by atoms with Gasteiger partial charge in [0.05, 0.1) is 12.4 Å². The first-order chi connectivity index (χ1) is 9.24. The molecule has 6 heteroatoms. The number of aromatic nitrogens is 2. The Morgan fingerprint density at radius 1 is 1.47 bits per heavy atom. The average Bonchev–Trinajstić information content (AvgIpc) is 2.97. The van der Waals surface area contributed by atoms with E-state index in [4.69, 9.17) is 10.5 Å². The zero-order valence-corrected chi connectivity index (χ0v) is 12.6. The standard InChI is InChI=1S/C13H17N3OS2/c1-3-11(14)12(18-13-15-8-16-19-13)9-5-4-6-10(7-9)17-2/h4-8,11-12H,3,14H2,1-2H3. The number of rotatable bonds is 6. The van der Waals surface area contributed by atoms with Crippen LogP contribution in [0.15, 0.2) is 34.9 Å². The molecule has 1 aromatic heterocycles. The topological polar surface area (TPSA) is 61.0 Å². The van der Waals surface area contributed by atoms with Crippen LogP contribution in [0.25, 0.3) is 0 Å². The van der Waals surface area contributed by atoms with Crippen molar-refractivity contribution in [2.24, 2.45) is 5.73 Å². The minimum absolute atomic E-state index is 0.0704. The summed E-state index contributed by atoms with van der Waals surface area (Å²) in [4.78, 5) is 4.22.